The van der Waals surface area contributed by atoms with E-state index in [1.807, 2.05) is 30.5 Å². The number of ether oxygens (including phenoxy) is 2. The summed E-state index contributed by atoms with van der Waals surface area (Å²) in [4.78, 5) is 22.5. The highest BCUT2D eigenvalue weighted by atomic mass is 35.5. The average Bonchev–Trinajstić information content (AvgIpc) is 3.28. The molecule has 0 aliphatic rings. The second-order valence-electron chi connectivity index (χ2n) is 6.99. The quantitative estimate of drug-likeness (QED) is 0.228. The van der Waals surface area contributed by atoms with Crippen LogP contribution in [0, 0.1) is 0 Å². The fourth-order valence-electron chi connectivity index (χ4n) is 3.40. The van der Waals surface area contributed by atoms with Crippen LogP contribution in [-0.2, 0) is 12.3 Å². The predicted molar refractivity (Wildman–Crippen MR) is 132 cm³/mol. The van der Waals surface area contributed by atoms with E-state index in [4.69, 9.17) is 31.0 Å². The molecule has 0 bridgehead atoms. The zero-order valence-electron chi connectivity index (χ0n) is 17.9. The number of benzene rings is 2. The van der Waals surface area contributed by atoms with Gasteiger partial charge in [-0.15, -0.1) is 11.3 Å². The van der Waals surface area contributed by atoms with Gasteiger partial charge in [-0.2, -0.15) is 0 Å². The normalized spacial score (nSPS) is 11.1. The summed E-state index contributed by atoms with van der Waals surface area (Å²) in [5.41, 5.74) is 2.35. The number of thiazole rings is 1. The Balaban J connectivity index is 1.63. The highest BCUT2D eigenvalue weighted by Gasteiger charge is 2.16. The number of halogens is 1. The fourth-order valence-corrected chi connectivity index (χ4v) is 5.43. The summed E-state index contributed by atoms with van der Waals surface area (Å²) < 4.78 is 12.7. The van der Waals surface area contributed by atoms with Crippen molar-refractivity contribution in [1.29, 1.82) is 0 Å². The zero-order chi connectivity index (χ0) is 22.7. The number of hydrogen-bond acceptors (Lipinski definition) is 7. The minimum atomic E-state index is -0.0453. The molecule has 0 N–H and O–H groups in total. The van der Waals surface area contributed by atoms with E-state index < -0.39 is 0 Å². The summed E-state index contributed by atoms with van der Waals surface area (Å²) in [6.45, 7) is 2.65. The fraction of sp³-hybridized carbons (Fsp3) is 0.261. The maximum absolute atomic E-state index is 13.0. The van der Waals surface area contributed by atoms with Gasteiger partial charge in [0.05, 0.1) is 36.4 Å². The number of rotatable bonds is 8. The molecule has 0 spiro atoms. The van der Waals surface area contributed by atoms with E-state index in [0.29, 0.717) is 44.9 Å². The molecular weight excluding hydrogens is 466 g/mol. The number of thioether (sulfide) groups is 1. The number of fused-ring (bicyclic) bond motifs is 1. The van der Waals surface area contributed by atoms with Crippen molar-refractivity contribution in [2.24, 2.45) is 0 Å². The average molecular weight is 488 g/mol. The Hall–Kier alpha value is -2.55. The summed E-state index contributed by atoms with van der Waals surface area (Å²) in [5.74, 6) is 1.91. The highest BCUT2D eigenvalue weighted by molar-refractivity contribution is 7.98. The molecule has 0 saturated heterocycles. The van der Waals surface area contributed by atoms with Crippen molar-refractivity contribution in [3.8, 4) is 22.1 Å². The first-order chi connectivity index (χ1) is 15.5. The minimum Gasteiger partial charge on any atom is -0.493 e. The second-order valence-corrected chi connectivity index (χ2v) is 9.22. The summed E-state index contributed by atoms with van der Waals surface area (Å²) in [6.07, 6.45) is 0.838. The van der Waals surface area contributed by atoms with Crippen molar-refractivity contribution >= 4 is 45.6 Å². The first-order valence-corrected chi connectivity index (χ1v) is 12.3. The van der Waals surface area contributed by atoms with Crippen LogP contribution in [0.15, 0.2) is 51.7 Å². The van der Waals surface area contributed by atoms with Crippen LogP contribution in [0.25, 0.3) is 21.5 Å². The third-order valence-corrected chi connectivity index (χ3v) is 7.03. The van der Waals surface area contributed by atoms with Crippen molar-refractivity contribution in [2.45, 2.75) is 30.8 Å². The third-order valence-electron chi connectivity index (χ3n) is 4.86. The topological polar surface area (TPSA) is 66.2 Å². The van der Waals surface area contributed by atoms with Crippen LogP contribution in [0.1, 0.15) is 19.0 Å². The maximum atomic E-state index is 13.0. The van der Waals surface area contributed by atoms with E-state index in [0.717, 1.165) is 22.7 Å². The van der Waals surface area contributed by atoms with Gasteiger partial charge >= 0.3 is 0 Å². The standard InChI is InChI=1S/C23H22ClN3O3S2/c1-4-10-27-22(28)16-9-8-14(24)11-18(16)26-23(27)32-13-15-12-31-21(25-15)17-6-5-7-19(29-2)20(17)30-3/h5-9,11-12H,4,10,13H2,1-3H3. The van der Waals surface area contributed by atoms with Crippen LogP contribution in [-0.4, -0.2) is 28.8 Å². The van der Waals surface area contributed by atoms with Crippen LogP contribution in [0.5, 0.6) is 11.5 Å². The second kappa shape index (κ2) is 9.94. The Bertz CT molecular complexity index is 1320. The lowest BCUT2D eigenvalue weighted by atomic mass is 10.2. The van der Waals surface area contributed by atoms with Crippen LogP contribution >= 0.6 is 34.7 Å². The van der Waals surface area contributed by atoms with Gasteiger partial charge in [-0.3, -0.25) is 9.36 Å². The molecule has 0 saturated carbocycles. The maximum Gasteiger partial charge on any atom is 0.262 e. The third kappa shape index (κ3) is 4.48. The molecule has 166 valence electrons. The molecule has 2 aromatic carbocycles. The van der Waals surface area contributed by atoms with Crippen LogP contribution in [0.3, 0.4) is 0 Å². The van der Waals surface area contributed by atoms with E-state index in [1.165, 1.54) is 11.8 Å². The van der Waals surface area contributed by atoms with E-state index in [-0.39, 0.29) is 5.56 Å². The van der Waals surface area contributed by atoms with Crippen LogP contribution in [0.4, 0.5) is 0 Å². The van der Waals surface area contributed by atoms with Gasteiger partial charge in [0.2, 0.25) is 0 Å². The summed E-state index contributed by atoms with van der Waals surface area (Å²) in [7, 11) is 3.24. The number of para-hydroxylation sites is 1. The van der Waals surface area contributed by atoms with Gasteiger partial charge in [-0.1, -0.05) is 36.4 Å². The predicted octanol–water partition coefficient (Wildman–Crippen LogP) is 5.89. The van der Waals surface area contributed by atoms with E-state index in [9.17, 15) is 4.79 Å². The number of nitrogens with zero attached hydrogens (tertiary/aromatic N) is 3. The molecule has 2 aromatic heterocycles. The van der Waals surface area contributed by atoms with Gasteiger partial charge in [0, 0.05) is 22.7 Å². The Morgan fingerprint density at radius 2 is 2.00 bits per heavy atom. The van der Waals surface area contributed by atoms with Crippen molar-refractivity contribution < 1.29 is 9.47 Å². The molecule has 0 aliphatic heterocycles. The van der Waals surface area contributed by atoms with Gasteiger partial charge in [0.25, 0.3) is 5.56 Å². The molecule has 4 rings (SSSR count). The molecule has 0 fully saturated rings. The molecular formula is C23H22ClN3O3S2. The number of hydrogen-bond donors (Lipinski definition) is 0. The molecule has 2 heterocycles. The number of methoxy groups -OCH3 is 2. The van der Waals surface area contributed by atoms with Crippen LogP contribution < -0.4 is 15.0 Å². The van der Waals surface area contributed by atoms with Gasteiger partial charge < -0.3 is 9.47 Å². The Morgan fingerprint density at radius 1 is 1.16 bits per heavy atom. The first kappa shape index (κ1) is 22.6. The first-order valence-electron chi connectivity index (χ1n) is 10.0. The van der Waals surface area contributed by atoms with Crippen LogP contribution in [0.2, 0.25) is 5.02 Å². The molecule has 0 unspecified atom stereocenters. The molecule has 32 heavy (non-hydrogen) atoms. The Kier molecular flexibility index (Phi) is 7.03. The van der Waals surface area contributed by atoms with Crippen molar-refractivity contribution in [2.75, 3.05) is 14.2 Å². The lowest BCUT2D eigenvalue weighted by Crippen LogP contribution is -2.23. The van der Waals surface area contributed by atoms with E-state index in [2.05, 4.69) is 0 Å². The van der Waals surface area contributed by atoms with Gasteiger partial charge in [0.15, 0.2) is 16.7 Å². The van der Waals surface area contributed by atoms with E-state index >= 15 is 0 Å². The molecule has 6 nitrogen and oxygen atoms in total. The lowest BCUT2D eigenvalue weighted by molar-refractivity contribution is 0.356. The summed E-state index contributed by atoms with van der Waals surface area (Å²) in [5, 5.41) is 4.67. The molecule has 9 heteroatoms. The van der Waals surface area contributed by atoms with Gasteiger partial charge in [-0.05, 0) is 36.8 Å². The monoisotopic (exact) mass is 487 g/mol. The van der Waals surface area contributed by atoms with Crippen molar-refractivity contribution in [3.63, 3.8) is 0 Å². The zero-order valence-corrected chi connectivity index (χ0v) is 20.3. The highest BCUT2D eigenvalue weighted by Crippen LogP contribution is 2.39. The summed E-state index contributed by atoms with van der Waals surface area (Å²) in [6, 6.07) is 10.9. The summed E-state index contributed by atoms with van der Waals surface area (Å²) >= 11 is 9.16. The molecule has 4 aromatic rings. The lowest BCUT2D eigenvalue weighted by Gasteiger charge is -2.12. The Labute approximate surface area is 199 Å². The minimum absolute atomic E-state index is 0.0453. The van der Waals surface area contributed by atoms with Gasteiger partial charge in [-0.25, -0.2) is 9.97 Å². The van der Waals surface area contributed by atoms with Crippen molar-refractivity contribution in [3.05, 3.63) is 62.8 Å². The number of aromatic nitrogens is 3. The SMILES string of the molecule is CCCn1c(SCc2csc(-c3cccc(OC)c3OC)n2)nc2cc(Cl)ccc2c1=O. The van der Waals surface area contributed by atoms with E-state index in [1.54, 1.807) is 48.3 Å². The largest absolute Gasteiger partial charge is 0.493 e. The van der Waals surface area contributed by atoms with Crippen molar-refractivity contribution in [1.82, 2.24) is 14.5 Å². The molecule has 0 aliphatic carbocycles. The Morgan fingerprint density at radius 3 is 2.75 bits per heavy atom. The molecule has 0 radical (unpaired) electrons. The smallest absolute Gasteiger partial charge is 0.262 e. The molecule has 0 amide bonds. The molecule has 0 atom stereocenters. The van der Waals surface area contributed by atoms with Gasteiger partial charge in [0.1, 0.15) is 5.01 Å².